The zero-order valence-electron chi connectivity index (χ0n) is 5.88. The van der Waals surface area contributed by atoms with Gasteiger partial charge in [0.25, 0.3) is 0 Å². The molecule has 1 rings (SSSR count). The van der Waals surface area contributed by atoms with Crippen LogP contribution in [0.4, 0.5) is 0 Å². The van der Waals surface area contributed by atoms with Crippen LogP contribution in [0.2, 0.25) is 0 Å². The van der Waals surface area contributed by atoms with Crippen LogP contribution in [0.15, 0.2) is 5.34 Å². The predicted molar refractivity (Wildman–Crippen MR) is 37.3 cm³/mol. The van der Waals surface area contributed by atoms with Gasteiger partial charge in [-0.2, -0.15) is 0 Å². The van der Waals surface area contributed by atoms with Crippen LogP contribution in [-0.4, -0.2) is 19.7 Å². The second kappa shape index (κ2) is 4.22. The molecular weight excluding hydrogens is 132 g/mol. The molecule has 0 radical (unpaired) electrons. The van der Waals surface area contributed by atoms with Gasteiger partial charge in [0.1, 0.15) is 6.61 Å². The lowest BCUT2D eigenvalue weighted by Crippen LogP contribution is -2.29. The second-order valence-electron chi connectivity index (χ2n) is 2.56. The quantitative estimate of drug-likeness (QED) is 0.468. The molecule has 1 N–H and O–H groups in total. The van der Waals surface area contributed by atoms with Gasteiger partial charge in [-0.3, -0.25) is 0 Å². The fourth-order valence-corrected chi connectivity index (χ4v) is 1.18. The van der Waals surface area contributed by atoms with E-state index in [1.54, 1.807) is 0 Å². The third-order valence-corrected chi connectivity index (χ3v) is 1.82. The molecule has 0 spiro atoms. The van der Waals surface area contributed by atoms with Gasteiger partial charge < -0.3 is 10.2 Å². The lowest BCUT2D eigenvalue weighted by Gasteiger charge is -2.20. The molecule has 0 aromatic carbocycles. The smallest absolute Gasteiger partial charge is 0.155 e. The highest BCUT2D eigenvalue weighted by molar-refractivity contribution is 4.67. The minimum Gasteiger partial charge on any atom is -0.364 e. The number of nitrogens with one attached hydrogen (secondary N) is 1. The molecule has 0 amide bonds. The average Bonchev–Trinajstić information content (AvgIpc) is 2.03. The van der Waals surface area contributed by atoms with Gasteiger partial charge in [0.05, 0.1) is 0 Å². The maximum atomic E-state index is 9.56. The summed E-state index contributed by atoms with van der Waals surface area (Å²) in [6, 6.07) is 0. The zero-order valence-corrected chi connectivity index (χ0v) is 5.88. The minimum absolute atomic E-state index is 0.491. The predicted octanol–water partition coefficient (Wildman–Crippen LogP) is 0.684. The van der Waals surface area contributed by atoms with E-state index in [2.05, 4.69) is 15.5 Å². The normalized spacial score (nSPS) is 20.4. The van der Waals surface area contributed by atoms with Crippen LogP contribution in [0.3, 0.4) is 0 Å². The SMILES string of the molecule is O=NOCC1CCNCC1. The van der Waals surface area contributed by atoms with E-state index < -0.39 is 0 Å². The van der Waals surface area contributed by atoms with Crippen molar-refractivity contribution in [3.05, 3.63) is 4.91 Å². The average molecular weight is 144 g/mol. The molecule has 0 atom stereocenters. The van der Waals surface area contributed by atoms with E-state index >= 15 is 0 Å². The van der Waals surface area contributed by atoms with Gasteiger partial charge in [-0.25, -0.2) is 0 Å². The maximum Gasteiger partial charge on any atom is 0.155 e. The Hall–Kier alpha value is -0.640. The first kappa shape index (κ1) is 7.47. The van der Waals surface area contributed by atoms with Crippen molar-refractivity contribution in [2.24, 2.45) is 11.3 Å². The third-order valence-electron chi connectivity index (χ3n) is 1.82. The molecule has 1 aliphatic heterocycles. The van der Waals surface area contributed by atoms with Crippen LogP contribution < -0.4 is 5.32 Å². The van der Waals surface area contributed by atoms with Gasteiger partial charge in [-0.1, -0.05) is 0 Å². The molecule has 10 heavy (non-hydrogen) atoms. The Morgan fingerprint density at radius 2 is 2.20 bits per heavy atom. The van der Waals surface area contributed by atoms with Gasteiger partial charge in [0, 0.05) is 0 Å². The molecule has 0 aromatic heterocycles. The Labute approximate surface area is 59.9 Å². The summed E-state index contributed by atoms with van der Waals surface area (Å²) in [6.07, 6.45) is 2.19. The highest BCUT2D eigenvalue weighted by Gasteiger charge is 2.12. The van der Waals surface area contributed by atoms with Crippen LogP contribution in [0, 0.1) is 10.8 Å². The summed E-state index contributed by atoms with van der Waals surface area (Å²) in [7, 11) is 0. The Kier molecular flexibility index (Phi) is 3.15. The van der Waals surface area contributed by atoms with Crippen molar-refractivity contribution in [2.75, 3.05) is 19.7 Å². The summed E-state index contributed by atoms with van der Waals surface area (Å²) >= 11 is 0. The lowest BCUT2D eigenvalue weighted by molar-refractivity contribution is 0.0908. The van der Waals surface area contributed by atoms with Crippen molar-refractivity contribution in [1.29, 1.82) is 0 Å². The van der Waals surface area contributed by atoms with E-state index in [1.807, 2.05) is 0 Å². The highest BCUT2D eigenvalue weighted by Crippen LogP contribution is 2.11. The molecule has 4 heteroatoms. The summed E-state index contributed by atoms with van der Waals surface area (Å²) in [5.41, 5.74) is 0. The highest BCUT2D eigenvalue weighted by atomic mass is 16.7. The number of hydrogen-bond donors (Lipinski definition) is 1. The van der Waals surface area contributed by atoms with Crippen LogP contribution in [0.25, 0.3) is 0 Å². The zero-order chi connectivity index (χ0) is 7.23. The van der Waals surface area contributed by atoms with Crippen molar-refractivity contribution < 1.29 is 4.84 Å². The fraction of sp³-hybridized carbons (Fsp3) is 1.00. The number of piperidine rings is 1. The third kappa shape index (κ3) is 2.31. The summed E-state index contributed by atoms with van der Waals surface area (Å²) < 4.78 is 0. The van der Waals surface area contributed by atoms with E-state index in [1.165, 1.54) is 0 Å². The minimum atomic E-state index is 0.491. The van der Waals surface area contributed by atoms with Crippen molar-refractivity contribution >= 4 is 0 Å². The molecule has 0 aromatic rings. The Morgan fingerprint density at radius 1 is 1.50 bits per heavy atom. The first-order chi connectivity index (χ1) is 4.93. The van der Waals surface area contributed by atoms with Crippen LogP contribution in [-0.2, 0) is 4.84 Å². The van der Waals surface area contributed by atoms with Gasteiger partial charge >= 0.3 is 0 Å². The molecule has 0 saturated carbocycles. The molecule has 0 aliphatic carbocycles. The van der Waals surface area contributed by atoms with Crippen molar-refractivity contribution in [3.63, 3.8) is 0 Å². The van der Waals surface area contributed by atoms with Crippen LogP contribution >= 0.6 is 0 Å². The van der Waals surface area contributed by atoms with Crippen molar-refractivity contribution in [2.45, 2.75) is 12.8 Å². The number of hydrogen-bond acceptors (Lipinski definition) is 4. The summed E-state index contributed by atoms with van der Waals surface area (Å²) in [5.74, 6) is 0.527. The Bertz CT molecular complexity index is 102. The van der Waals surface area contributed by atoms with Gasteiger partial charge in [0.15, 0.2) is 5.34 Å². The largest absolute Gasteiger partial charge is 0.364 e. The lowest BCUT2D eigenvalue weighted by atomic mass is 10.00. The first-order valence-corrected chi connectivity index (χ1v) is 3.59. The van der Waals surface area contributed by atoms with Gasteiger partial charge in [-0.15, -0.1) is 4.91 Å². The maximum absolute atomic E-state index is 9.56. The first-order valence-electron chi connectivity index (χ1n) is 3.59. The summed E-state index contributed by atoms with van der Waals surface area (Å²) in [5, 5.41) is 5.59. The standard InChI is InChI=1S/C6H12N2O2/c9-8-10-5-6-1-3-7-4-2-6/h6-7H,1-5H2. The molecule has 1 fully saturated rings. The van der Waals surface area contributed by atoms with Crippen molar-refractivity contribution in [3.8, 4) is 0 Å². The molecule has 58 valence electrons. The van der Waals surface area contributed by atoms with Gasteiger partial charge in [-0.05, 0) is 31.8 Å². The van der Waals surface area contributed by atoms with E-state index in [0.29, 0.717) is 12.5 Å². The Balaban J connectivity index is 2.07. The van der Waals surface area contributed by atoms with Crippen LogP contribution in [0.5, 0.6) is 0 Å². The molecule has 4 nitrogen and oxygen atoms in total. The monoisotopic (exact) mass is 144 g/mol. The van der Waals surface area contributed by atoms with E-state index in [-0.39, 0.29) is 0 Å². The molecule has 1 saturated heterocycles. The second-order valence-corrected chi connectivity index (χ2v) is 2.56. The number of rotatable bonds is 3. The topological polar surface area (TPSA) is 50.7 Å². The molecule has 1 heterocycles. The molecular formula is C6H12N2O2. The summed E-state index contributed by atoms with van der Waals surface area (Å²) in [6.45, 7) is 2.56. The summed E-state index contributed by atoms with van der Waals surface area (Å²) in [4.78, 5) is 14.0. The van der Waals surface area contributed by atoms with Gasteiger partial charge in [0.2, 0.25) is 0 Å². The molecule has 0 unspecified atom stereocenters. The molecule has 1 aliphatic rings. The van der Waals surface area contributed by atoms with E-state index in [4.69, 9.17) is 0 Å². The van der Waals surface area contributed by atoms with Crippen molar-refractivity contribution in [1.82, 2.24) is 5.32 Å². The van der Waals surface area contributed by atoms with E-state index in [9.17, 15) is 4.91 Å². The number of nitrogens with zero attached hydrogens (tertiary/aromatic N) is 1. The van der Waals surface area contributed by atoms with E-state index in [0.717, 1.165) is 25.9 Å². The van der Waals surface area contributed by atoms with Crippen LogP contribution in [0.1, 0.15) is 12.8 Å². The molecule has 0 bridgehead atoms. The Morgan fingerprint density at radius 3 is 2.80 bits per heavy atom. The fourth-order valence-electron chi connectivity index (χ4n) is 1.18.